The van der Waals surface area contributed by atoms with Crippen molar-refractivity contribution >= 4 is 21.6 Å². The van der Waals surface area contributed by atoms with Gasteiger partial charge < -0.3 is 10.1 Å². The molecular weight excluding hydrogens is 388 g/mol. The van der Waals surface area contributed by atoms with Gasteiger partial charge in [-0.3, -0.25) is 4.79 Å². The van der Waals surface area contributed by atoms with Gasteiger partial charge in [0.2, 0.25) is 10.0 Å². The van der Waals surface area contributed by atoms with Gasteiger partial charge in [-0.25, -0.2) is 8.42 Å². The topological polar surface area (TPSA) is 75.7 Å². The number of amides is 1. The summed E-state index contributed by atoms with van der Waals surface area (Å²) in [4.78, 5) is 12.8. The summed E-state index contributed by atoms with van der Waals surface area (Å²) in [5.41, 5.74) is 0.538. The number of hydrogen-bond donors (Lipinski definition) is 1. The Balaban J connectivity index is 1.64. The molecule has 1 atom stereocenters. The number of ether oxygens (including phenoxy) is 1. The Labute approximate surface area is 172 Å². The van der Waals surface area contributed by atoms with E-state index in [0.717, 1.165) is 12.8 Å². The van der Waals surface area contributed by atoms with Crippen LogP contribution >= 0.6 is 0 Å². The van der Waals surface area contributed by atoms with E-state index in [4.69, 9.17) is 4.74 Å². The maximum Gasteiger partial charge on any atom is 0.265 e. The average molecular weight is 417 g/mol. The van der Waals surface area contributed by atoms with Crippen molar-refractivity contribution in [3.63, 3.8) is 0 Å². The molecule has 0 radical (unpaired) electrons. The van der Waals surface area contributed by atoms with Gasteiger partial charge in [-0.15, -0.1) is 0 Å². The molecule has 1 heterocycles. The predicted molar refractivity (Wildman–Crippen MR) is 113 cm³/mol. The van der Waals surface area contributed by atoms with E-state index >= 15 is 0 Å². The molecule has 0 spiro atoms. The molecule has 0 saturated carbocycles. The molecular formula is C22H28N2O4S. The zero-order chi connectivity index (χ0) is 20.9. The number of anilines is 1. The number of rotatable bonds is 7. The molecule has 6 nitrogen and oxygen atoms in total. The fraction of sp³-hybridized carbons (Fsp3) is 0.409. The van der Waals surface area contributed by atoms with Gasteiger partial charge in [0, 0.05) is 18.8 Å². The lowest BCUT2D eigenvalue weighted by Crippen LogP contribution is -2.37. The van der Waals surface area contributed by atoms with Gasteiger partial charge in [0.05, 0.1) is 4.90 Å². The summed E-state index contributed by atoms with van der Waals surface area (Å²) in [5.74, 6) is 0.924. The first-order valence-electron chi connectivity index (χ1n) is 10.0. The van der Waals surface area contributed by atoms with Crippen molar-refractivity contribution in [3.8, 4) is 5.75 Å². The van der Waals surface area contributed by atoms with E-state index in [2.05, 4.69) is 12.2 Å². The molecule has 2 aromatic rings. The van der Waals surface area contributed by atoms with Crippen LogP contribution in [-0.4, -0.2) is 37.8 Å². The van der Waals surface area contributed by atoms with Crippen LogP contribution in [0.3, 0.4) is 0 Å². The maximum absolute atomic E-state index is 12.8. The van der Waals surface area contributed by atoms with E-state index in [1.54, 1.807) is 40.7 Å². The van der Waals surface area contributed by atoms with Gasteiger partial charge in [0.25, 0.3) is 5.91 Å². The molecule has 1 N–H and O–H groups in total. The summed E-state index contributed by atoms with van der Waals surface area (Å²) < 4.78 is 32.9. The van der Waals surface area contributed by atoms with Crippen molar-refractivity contribution in [2.75, 3.05) is 18.4 Å². The molecule has 0 aliphatic carbocycles. The molecule has 29 heavy (non-hydrogen) atoms. The van der Waals surface area contributed by atoms with Crippen molar-refractivity contribution in [2.24, 2.45) is 5.92 Å². The molecule has 7 heteroatoms. The second kappa shape index (κ2) is 9.41. The van der Waals surface area contributed by atoms with Gasteiger partial charge in [-0.2, -0.15) is 4.31 Å². The first kappa shape index (κ1) is 21.3. The summed E-state index contributed by atoms with van der Waals surface area (Å²) in [6.45, 7) is 5.13. The number of sulfonamides is 1. The van der Waals surface area contributed by atoms with Crippen LogP contribution in [0, 0.1) is 5.92 Å². The minimum absolute atomic E-state index is 0.248. The van der Waals surface area contributed by atoms with Crippen LogP contribution in [0.1, 0.15) is 33.1 Å². The zero-order valence-electron chi connectivity index (χ0n) is 16.9. The van der Waals surface area contributed by atoms with E-state index in [1.165, 1.54) is 0 Å². The van der Waals surface area contributed by atoms with Gasteiger partial charge in [0.1, 0.15) is 5.75 Å². The summed E-state index contributed by atoms with van der Waals surface area (Å²) in [7, 11) is -3.50. The van der Waals surface area contributed by atoms with E-state index in [1.807, 2.05) is 25.1 Å². The Bertz CT molecular complexity index is 906. The third kappa shape index (κ3) is 5.36. The molecule has 1 aliphatic heterocycles. The highest BCUT2D eigenvalue weighted by atomic mass is 32.2. The van der Waals surface area contributed by atoms with Gasteiger partial charge in [0.15, 0.2) is 6.10 Å². The van der Waals surface area contributed by atoms with Crippen LogP contribution < -0.4 is 10.1 Å². The number of nitrogens with one attached hydrogen (secondary N) is 1. The van der Waals surface area contributed by atoms with Crippen LogP contribution in [0.25, 0.3) is 0 Å². The molecule has 0 unspecified atom stereocenters. The lowest BCUT2D eigenvalue weighted by molar-refractivity contribution is -0.122. The van der Waals surface area contributed by atoms with E-state index in [-0.39, 0.29) is 10.8 Å². The lowest BCUT2D eigenvalue weighted by atomic mass is 10.0. The van der Waals surface area contributed by atoms with Crippen LogP contribution in [0.2, 0.25) is 0 Å². The number of carbonyl (C=O) groups excluding carboxylic acids is 1. The van der Waals surface area contributed by atoms with Gasteiger partial charge >= 0.3 is 0 Å². The monoisotopic (exact) mass is 416 g/mol. The van der Waals surface area contributed by atoms with Crippen molar-refractivity contribution in [3.05, 3.63) is 54.6 Å². The Morgan fingerprint density at radius 2 is 1.72 bits per heavy atom. The second-order valence-corrected chi connectivity index (χ2v) is 9.37. The smallest absolute Gasteiger partial charge is 0.265 e. The van der Waals surface area contributed by atoms with Gasteiger partial charge in [-0.1, -0.05) is 32.0 Å². The van der Waals surface area contributed by atoms with Gasteiger partial charge in [-0.05, 0) is 61.6 Å². The Hall–Kier alpha value is -2.38. The number of hydrogen-bond acceptors (Lipinski definition) is 4. The summed E-state index contributed by atoms with van der Waals surface area (Å²) >= 11 is 0. The van der Waals surface area contributed by atoms with E-state index in [9.17, 15) is 13.2 Å². The quantitative estimate of drug-likeness (QED) is 0.743. The Morgan fingerprint density at radius 1 is 1.10 bits per heavy atom. The van der Waals surface area contributed by atoms with Crippen molar-refractivity contribution in [2.45, 2.75) is 44.1 Å². The van der Waals surface area contributed by atoms with Crippen molar-refractivity contribution in [1.82, 2.24) is 4.31 Å². The molecule has 1 fully saturated rings. The molecule has 156 valence electrons. The lowest BCUT2D eigenvalue weighted by Gasteiger charge is -2.29. The standard InChI is InChI=1S/C22H28N2O4S/c1-3-21(28-19-7-5-4-6-8-19)22(25)23-18-9-11-20(12-10-18)29(26,27)24-15-13-17(2)14-16-24/h4-12,17,21H,3,13-16H2,1-2H3,(H,23,25)/t21-/m1/s1. The van der Waals surface area contributed by atoms with Crippen molar-refractivity contribution < 1.29 is 17.9 Å². The first-order valence-corrected chi connectivity index (χ1v) is 11.5. The largest absolute Gasteiger partial charge is 0.481 e. The summed E-state index contributed by atoms with van der Waals surface area (Å²) in [5, 5.41) is 2.80. The molecule has 1 amide bonds. The number of piperidine rings is 1. The van der Waals surface area contributed by atoms with Crippen LogP contribution in [0.4, 0.5) is 5.69 Å². The molecule has 0 aromatic heterocycles. The highest BCUT2D eigenvalue weighted by molar-refractivity contribution is 7.89. The number of para-hydroxylation sites is 1. The maximum atomic E-state index is 12.8. The molecule has 3 rings (SSSR count). The zero-order valence-corrected chi connectivity index (χ0v) is 17.7. The molecule has 0 bridgehead atoms. The van der Waals surface area contributed by atoms with E-state index in [0.29, 0.717) is 36.9 Å². The molecule has 1 aliphatic rings. The van der Waals surface area contributed by atoms with Crippen LogP contribution in [0.15, 0.2) is 59.5 Å². The predicted octanol–water partition coefficient (Wildman–Crippen LogP) is 3.90. The third-order valence-corrected chi connectivity index (χ3v) is 7.10. The first-order chi connectivity index (χ1) is 13.9. The van der Waals surface area contributed by atoms with Crippen molar-refractivity contribution in [1.29, 1.82) is 0 Å². The highest BCUT2D eigenvalue weighted by Gasteiger charge is 2.28. The van der Waals surface area contributed by atoms with Crippen LogP contribution in [0.5, 0.6) is 5.75 Å². The minimum atomic E-state index is -3.50. The second-order valence-electron chi connectivity index (χ2n) is 7.43. The number of nitrogens with zero attached hydrogens (tertiary/aromatic N) is 1. The highest BCUT2D eigenvalue weighted by Crippen LogP contribution is 2.24. The fourth-order valence-corrected chi connectivity index (χ4v) is 4.76. The summed E-state index contributed by atoms with van der Waals surface area (Å²) in [6, 6.07) is 15.5. The molecule has 1 saturated heterocycles. The van der Waals surface area contributed by atoms with E-state index < -0.39 is 16.1 Å². The normalized spacial score (nSPS) is 16.9. The third-order valence-electron chi connectivity index (χ3n) is 5.19. The van der Waals surface area contributed by atoms with Crippen LogP contribution in [-0.2, 0) is 14.8 Å². The Kier molecular flexibility index (Phi) is 6.92. The Morgan fingerprint density at radius 3 is 2.31 bits per heavy atom. The SMILES string of the molecule is CC[C@@H](Oc1ccccc1)C(=O)Nc1ccc(S(=O)(=O)N2CCC(C)CC2)cc1. The minimum Gasteiger partial charge on any atom is -0.481 e. The fourth-order valence-electron chi connectivity index (χ4n) is 3.29. The number of carbonyl (C=O) groups is 1. The average Bonchev–Trinajstić information content (AvgIpc) is 2.73. The molecule has 2 aromatic carbocycles. The summed E-state index contributed by atoms with van der Waals surface area (Å²) in [6.07, 6.45) is 1.65. The number of benzene rings is 2.